The summed E-state index contributed by atoms with van der Waals surface area (Å²) in [6.45, 7) is 0.192. The lowest BCUT2D eigenvalue weighted by molar-refractivity contribution is 0.0136. The highest BCUT2D eigenvalue weighted by molar-refractivity contribution is 14.2. The quantitative estimate of drug-likeness (QED) is 0.805. The average Bonchev–Trinajstić information content (AvgIpc) is 2.26. The van der Waals surface area contributed by atoms with Gasteiger partial charge in [0.05, 0.1) is 12.4 Å². The first-order valence-corrected chi connectivity index (χ1v) is 7.17. The van der Waals surface area contributed by atoms with Crippen LogP contribution in [0.3, 0.4) is 0 Å². The lowest BCUT2D eigenvalue weighted by Gasteiger charge is -2.19. The van der Waals surface area contributed by atoms with E-state index >= 15 is 0 Å². The molecule has 12 heavy (non-hydrogen) atoms. The van der Waals surface area contributed by atoms with Crippen LogP contribution in [0.25, 0.3) is 0 Å². The summed E-state index contributed by atoms with van der Waals surface area (Å²) >= 11 is 2.10. The van der Waals surface area contributed by atoms with Crippen LogP contribution in [0.15, 0.2) is 0 Å². The van der Waals surface area contributed by atoms with Crippen molar-refractivity contribution in [2.75, 3.05) is 19.0 Å². The van der Waals surface area contributed by atoms with Gasteiger partial charge in [-0.3, -0.25) is 4.90 Å². The lowest BCUT2D eigenvalue weighted by Crippen LogP contribution is -2.34. The third-order valence-electron chi connectivity index (χ3n) is 1.97. The molecule has 72 valence electrons. The van der Waals surface area contributed by atoms with Crippen molar-refractivity contribution in [1.82, 2.24) is 4.90 Å². The van der Waals surface area contributed by atoms with Crippen LogP contribution < -0.4 is 5.73 Å². The molecule has 0 aliphatic carbocycles. The van der Waals surface area contributed by atoms with Crippen LogP contribution in [0.2, 0.25) is 0 Å². The van der Waals surface area contributed by atoms with Gasteiger partial charge in [0.15, 0.2) is 0 Å². The Kier molecular flexibility index (Phi) is 4.00. The fourth-order valence-electron chi connectivity index (χ4n) is 1.41. The smallest absolute Gasteiger partial charge is 0.262 e. The van der Waals surface area contributed by atoms with Gasteiger partial charge in [0.25, 0.3) is 5.92 Å². The minimum atomic E-state index is -2.53. The number of rotatable bonds is 3. The molecule has 0 amide bonds. The lowest BCUT2D eigenvalue weighted by atomic mass is 10.2. The first-order chi connectivity index (χ1) is 5.59. The molecule has 0 aromatic rings. The monoisotopic (exact) mass is 308 g/mol. The minimum Gasteiger partial charge on any atom is -0.329 e. The number of hydrogen-bond acceptors (Lipinski definition) is 3. The molecule has 0 radical (unpaired) electrons. The SMILES string of the molecule is NCC1CC(F)(F)CN1CSI. The zero-order valence-electron chi connectivity index (χ0n) is 6.47. The maximum atomic E-state index is 12.8. The average molecular weight is 308 g/mol. The van der Waals surface area contributed by atoms with Crippen LogP contribution in [0.4, 0.5) is 8.78 Å². The summed E-state index contributed by atoms with van der Waals surface area (Å²) in [5, 5.41) is 0. The molecular weight excluding hydrogens is 297 g/mol. The Balaban J connectivity index is 2.50. The summed E-state index contributed by atoms with van der Waals surface area (Å²) in [6, 6.07) is -0.137. The van der Waals surface area contributed by atoms with Crippen molar-refractivity contribution in [3.8, 4) is 0 Å². The second-order valence-corrected chi connectivity index (χ2v) is 5.28. The highest BCUT2D eigenvalue weighted by Gasteiger charge is 2.43. The first kappa shape index (κ1) is 10.9. The largest absolute Gasteiger partial charge is 0.329 e. The van der Waals surface area contributed by atoms with Crippen molar-refractivity contribution in [2.24, 2.45) is 5.73 Å². The summed E-state index contributed by atoms with van der Waals surface area (Å²) in [5.74, 6) is -1.89. The van der Waals surface area contributed by atoms with Crippen LogP contribution in [-0.2, 0) is 0 Å². The molecule has 1 unspecified atom stereocenters. The molecule has 1 aliphatic rings. The highest BCUT2D eigenvalue weighted by Crippen LogP contribution is 2.33. The summed E-state index contributed by atoms with van der Waals surface area (Å²) in [6.07, 6.45) is -0.0826. The van der Waals surface area contributed by atoms with E-state index in [4.69, 9.17) is 5.73 Å². The van der Waals surface area contributed by atoms with Gasteiger partial charge >= 0.3 is 0 Å². The highest BCUT2D eigenvalue weighted by atomic mass is 127. The molecule has 0 bridgehead atoms. The molecule has 1 saturated heterocycles. The van der Waals surface area contributed by atoms with Gasteiger partial charge < -0.3 is 5.73 Å². The van der Waals surface area contributed by atoms with Gasteiger partial charge in [0.1, 0.15) is 0 Å². The second kappa shape index (κ2) is 4.39. The van der Waals surface area contributed by atoms with E-state index in [1.54, 1.807) is 4.90 Å². The third-order valence-corrected chi connectivity index (χ3v) is 3.24. The van der Waals surface area contributed by atoms with E-state index in [9.17, 15) is 8.78 Å². The van der Waals surface area contributed by atoms with Crippen LogP contribution in [0, 0.1) is 0 Å². The molecule has 0 aromatic carbocycles. The normalized spacial score (nSPS) is 29.5. The fraction of sp³-hybridized carbons (Fsp3) is 1.00. The Labute approximate surface area is 86.8 Å². The molecule has 1 aliphatic heterocycles. The maximum Gasteiger partial charge on any atom is 0.262 e. The van der Waals surface area contributed by atoms with Crippen molar-refractivity contribution in [3.05, 3.63) is 0 Å². The van der Waals surface area contributed by atoms with Crippen molar-refractivity contribution < 1.29 is 8.78 Å². The molecule has 6 heteroatoms. The van der Waals surface area contributed by atoms with E-state index in [1.807, 2.05) is 0 Å². The van der Waals surface area contributed by atoms with E-state index in [-0.39, 0.29) is 19.0 Å². The molecular formula is C6H11F2IN2S. The van der Waals surface area contributed by atoms with Gasteiger partial charge in [-0.15, -0.1) is 0 Å². The molecule has 2 nitrogen and oxygen atoms in total. The predicted molar refractivity (Wildman–Crippen MR) is 55.6 cm³/mol. The number of nitrogens with two attached hydrogens (primary N) is 1. The van der Waals surface area contributed by atoms with Gasteiger partial charge in [-0.05, 0) is 21.2 Å². The summed E-state index contributed by atoms with van der Waals surface area (Å²) in [4.78, 5) is 1.75. The first-order valence-electron chi connectivity index (χ1n) is 3.64. The molecule has 1 heterocycles. The Morgan fingerprint density at radius 1 is 1.67 bits per heavy atom. The number of nitrogens with zero attached hydrogens (tertiary/aromatic N) is 1. The Hall–Kier alpha value is 0.860. The molecule has 1 atom stereocenters. The number of halogens is 3. The number of alkyl halides is 2. The van der Waals surface area contributed by atoms with Crippen LogP contribution in [0.1, 0.15) is 6.42 Å². The van der Waals surface area contributed by atoms with Gasteiger partial charge in [-0.2, -0.15) is 0 Å². The number of hydrogen-bond donors (Lipinski definition) is 1. The third kappa shape index (κ3) is 2.68. The van der Waals surface area contributed by atoms with Crippen molar-refractivity contribution in [2.45, 2.75) is 18.4 Å². The van der Waals surface area contributed by atoms with Gasteiger partial charge in [-0.25, -0.2) is 8.78 Å². The molecule has 0 spiro atoms. The zero-order chi connectivity index (χ0) is 9.19. The van der Waals surface area contributed by atoms with Gasteiger partial charge in [0, 0.05) is 19.0 Å². The Morgan fingerprint density at radius 2 is 2.33 bits per heavy atom. The molecule has 0 saturated carbocycles. The zero-order valence-corrected chi connectivity index (χ0v) is 9.45. The molecule has 2 N–H and O–H groups in total. The molecule has 0 aromatic heterocycles. The molecule has 1 rings (SSSR count). The Morgan fingerprint density at radius 3 is 2.83 bits per heavy atom. The second-order valence-electron chi connectivity index (χ2n) is 2.93. The Bertz CT molecular complexity index is 158. The predicted octanol–water partition coefficient (Wildman–Crippen LogP) is 1.70. The minimum absolute atomic E-state index is 0.0826. The van der Waals surface area contributed by atoms with E-state index in [2.05, 4.69) is 21.2 Å². The van der Waals surface area contributed by atoms with Crippen LogP contribution in [-0.4, -0.2) is 35.8 Å². The van der Waals surface area contributed by atoms with Crippen LogP contribution in [0.5, 0.6) is 0 Å². The van der Waals surface area contributed by atoms with Crippen molar-refractivity contribution in [3.63, 3.8) is 0 Å². The van der Waals surface area contributed by atoms with E-state index in [0.717, 1.165) is 0 Å². The maximum absolute atomic E-state index is 12.8. The summed E-state index contributed by atoms with van der Waals surface area (Å²) in [5.41, 5.74) is 5.39. The summed E-state index contributed by atoms with van der Waals surface area (Å²) < 4.78 is 25.7. The van der Waals surface area contributed by atoms with Gasteiger partial charge in [0.2, 0.25) is 0 Å². The fourth-order valence-corrected chi connectivity index (χ4v) is 2.91. The van der Waals surface area contributed by atoms with Crippen molar-refractivity contribution >= 4 is 30.1 Å². The number of likely N-dealkylation sites (tertiary alicyclic amines) is 1. The van der Waals surface area contributed by atoms with E-state index < -0.39 is 5.92 Å². The topological polar surface area (TPSA) is 29.3 Å². The van der Waals surface area contributed by atoms with Crippen LogP contribution >= 0.6 is 30.1 Å². The van der Waals surface area contributed by atoms with Gasteiger partial charge in [-0.1, -0.05) is 8.93 Å². The summed E-state index contributed by atoms with van der Waals surface area (Å²) in [7, 11) is 1.53. The standard InChI is InChI=1S/C6H11F2IN2S/c7-6(8)1-5(2-10)11(3-6)4-12-9/h5H,1-4,10H2. The molecule has 1 fully saturated rings. The van der Waals surface area contributed by atoms with Crippen molar-refractivity contribution in [1.29, 1.82) is 0 Å². The van der Waals surface area contributed by atoms with E-state index in [1.165, 1.54) is 8.93 Å². The van der Waals surface area contributed by atoms with E-state index in [0.29, 0.717) is 12.4 Å².